The molecule has 1 N–H and O–H groups in total. The molecule has 3 aromatic rings. The molecule has 2 aliphatic heterocycles. The molecular weight excluding hydrogens is 464 g/mol. The molecule has 2 atom stereocenters. The van der Waals surface area contributed by atoms with Gasteiger partial charge in [0, 0.05) is 17.5 Å². The lowest BCUT2D eigenvalue weighted by Crippen LogP contribution is -2.65. The second kappa shape index (κ2) is 7.99. The molecule has 0 fully saturated rings. The van der Waals surface area contributed by atoms with Crippen LogP contribution in [0.2, 0.25) is 0 Å². The number of hydrazone groups is 1. The average molecular weight is 489 g/mol. The summed E-state index contributed by atoms with van der Waals surface area (Å²) in [6.45, 7) is 3.79. The van der Waals surface area contributed by atoms with Crippen molar-refractivity contribution in [2.45, 2.75) is 38.2 Å². The Kier molecular flexibility index (Phi) is 5.04. The number of para-hydroxylation sites is 2. The first-order chi connectivity index (χ1) is 16.5. The van der Waals surface area contributed by atoms with Gasteiger partial charge >= 0.3 is 0 Å². The lowest BCUT2D eigenvalue weighted by Gasteiger charge is -2.47. The van der Waals surface area contributed by atoms with Gasteiger partial charge in [0.15, 0.2) is 10.8 Å². The predicted molar refractivity (Wildman–Crippen MR) is 140 cm³/mol. The van der Waals surface area contributed by atoms with Crippen LogP contribution in [0.3, 0.4) is 0 Å². The first-order valence-electron chi connectivity index (χ1n) is 11.4. The third-order valence-corrected chi connectivity index (χ3v) is 9.02. The lowest BCUT2D eigenvalue weighted by molar-refractivity contribution is -0.110. The molecule has 1 aliphatic carbocycles. The maximum atomic E-state index is 14.4. The van der Waals surface area contributed by atoms with E-state index >= 15 is 0 Å². The van der Waals surface area contributed by atoms with E-state index in [0.717, 1.165) is 41.2 Å². The van der Waals surface area contributed by atoms with Gasteiger partial charge in [0.2, 0.25) is 0 Å². The van der Waals surface area contributed by atoms with Crippen molar-refractivity contribution in [1.82, 2.24) is 0 Å². The largest absolute Gasteiger partial charge is 0.325 e. The molecular formula is C26H24N4O2S2. The highest BCUT2D eigenvalue weighted by atomic mass is 32.2. The average Bonchev–Trinajstić information content (AvgIpc) is 3.39. The minimum absolute atomic E-state index is 0.0552. The van der Waals surface area contributed by atoms with Crippen LogP contribution in [0.1, 0.15) is 41.1 Å². The monoisotopic (exact) mass is 488 g/mol. The van der Waals surface area contributed by atoms with Crippen molar-refractivity contribution in [3.8, 4) is 0 Å². The summed E-state index contributed by atoms with van der Waals surface area (Å²) in [6, 6.07) is 19.4. The molecule has 8 heteroatoms. The number of carbonyl (C=O) groups is 2. The number of anilines is 3. The van der Waals surface area contributed by atoms with E-state index in [1.54, 1.807) is 21.2 Å². The fraction of sp³-hybridized carbons (Fsp3) is 0.269. The van der Waals surface area contributed by atoms with E-state index in [1.165, 1.54) is 29.1 Å². The Hall–Kier alpha value is -3.10. The van der Waals surface area contributed by atoms with Crippen LogP contribution in [-0.2, 0) is 17.6 Å². The molecule has 34 heavy (non-hydrogen) atoms. The first kappa shape index (κ1) is 21.4. The van der Waals surface area contributed by atoms with E-state index < -0.39 is 5.12 Å². The van der Waals surface area contributed by atoms with E-state index in [1.807, 2.05) is 60.7 Å². The van der Waals surface area contributed by atoms with Crippen LogP contribution in [0.25, 0.3) is 0 Å². The number of Topliss-reactive ketones (excluding diaryl/α,β-unsaturated/α-hetero) is 1. The molecule has 1 amide bonds. The summed E-state index contributed by atoms with van der Waals surface area (Å²) >= 11 is 2.96. The molecule has 3 heterocycles. The van der Waals surface area contributed by atoms with Crippen molar-refractivity contribution >= 4 is 56.2 Å². The summed E-state index contributed by atoms with van der Waals surface area (Å²) in [4.78, 5) is 29.9. The van der Waals surface area contributed by atoms with Gasteiger partial charge in [0.05, 0.1) is 11.3 Å². The molecule has 1 aromatic heterocycles. The van der Waals surface area contributed by atoms with Crippen molar-refractivity contribution in [3.05, 3.63) is 76.7 Å². The van der Waals surface area contributed by atoms with Gasteiger partial charge in [-0.15, -0.1) is 11.3 Å². The van der Waals surface area contributed by atoms with Gasteiger partial charge < -0.3 is 5.32 Å². The highest BCUT2D eigenvalue weighted by molar-refractivity contribution is 8.17. The number of benzene rings is 2. The molecule has 0 saturated heterocycles. The Bertz CT molecular complexity index is 1320. The maximum absolute atomic E-state index is 14.4. The van der Waals surface area contributed by atoms with Gasteiger partial charge in [-0.05, 0) is 66.8 Å². The fourth-order valence-electron chi connectivity index (χ4n) is 4.91. The standard InChI is InChI=1S/C26H24N4O2S2/c1-16-13-14-20-21(15-16)33-24-22(20)25(32)29(18-9-5-3-6-10-18)26(27-24)30(19-11-7-4-8-12-19)28-23(34-26)17(2)31/h3-12,16,27H,13-15H2,1-2H3/t16-,26+/m0/s1. The van der Waals surface area contributed by atoms with Gasteiger partial charge in [-0.1, -0.05) is 43.3 Å². The van der Waals surface area contributed by atoms with E-state index in [2.05, 4.69) is 12.2 Å². The summed E-state index contributed by atoms with van der Waals surface area (Å²) in [7, 11) is 0. The Morgan fingerprint density at radius 1 is 1.09 bits per heavy atom. The summed E-state index contributed by atoms with van der Waals surface area (Å²) in [5.41, 5.74) is 3.49. The minimum Gasteiger partial charge on any atom is -0.325 e. The summed E-state index contributed by atoms with van der Waals surface area (Å²) < 4.78 is 0. The number of nitrogens with zero attached hydrogens (tertiary/aromatic N) is 3. The van der Waals surface area contributed by atoms with Crippen molar-refractivity contribution in [2.75, 3.05) is 15.2 Å². The second-order valence-electron chi connectivity index (χ2n) is 8.98. The zero-order valence-electron chi connectivity index (χ0n) is 18.9. The molecule has 0 saturated carbocycles. The smallest absolute Gasteiger partial charge is 0.274 e. The number of thioether (sulfide) groups is 1. The van der Waals surface area contributed by atoms with E-state index in [-0.39, 0.29) is 11.7 Å². The van der Waals surface area contributed by atoms with Crippen LogP contribution in [0, 0.1) is 5.92 Å². The van der Waals surface area contributed by atoms with Gasteiger partial charge in [0.25, 0.3) is 11.0 Å². The number of carbonyl (C=O) groups excluding carboxylic acids is 2. The van der Waals surface area contributed by atoms with Crippen LogP contribution < -0.4 is 15.2 Å². The van der Waals surface area contributed by atoms with Gasteiger partial charge in [-0.25, -0.2) is 5.01 Å². The number of thiophene rings is 1. The summed E-state index contributed by atoms with van der Waals surface area (Å²) in [6.07, 6.45) is 2.99. The van der Waals surface area contributed by atoms with Crippen LogP contribution in [0.5, 0.6) is 0 Å². The van der Waals surface area contributed by atoms with E-state index in [0.29, 0.717) is 11.0 Å². The van der Waals surface area contributed by atoms with Crippen molar-refractivity contribution in [2.24, 2.45) is 11.0 Å². The van der Waals surface area contributed by atoms with Gasteiger partial charge in [-0.2, -0.15) is 5.10 Å². The minimum atomic E-state index is -1.13. The van der Waals surface area contributed by atoms with Crippen LogP contribution in [-0.4, -0.2) is 21.9 Å². The number of hydrogen-bond acceptors (Lipinski definition) is 7. The maximum Gasteiger partial charge on any atom is 0.274 e. The second-order valence-corrected chi connectivity index (χ2v) is 11.2. The number of ketones is 1. The van der Waals surface area contributed by atoms with Crippen molar-refractivity contribution < 1.29 is 9.59 Å². The van der Waals surface area contributed by atoms with Crippen molar-refractivity contribution in [3.63, 3.8) is 0 Å². The van der Waals surface area contributed by atoms with Crippen LogP contribution in [0.15, 0.2) is 65.8 Å². The van der Waals surface area contributed by atoms with Crippen LogP contribution >= 0.6 is 23.1 Å². The Morgan fingerprint density at radius 2 is 1.76 bits per heavy atom. The van der Waals surface area contributed by atoms with Gasteiger partial charge in [0.1, 0.15) is 5.00 Å². The number of amides is 1. The Balaban J connectivity index is 1.58. The topological polar surface area (TPSA) is 65.0 Å². The number of rotatable bonds is 3. The molecule has 0 radical (unpaired) electrons. The van der Waals surface area contributed by atoms with Gasteiger partial charge in [-0.3, -0.25) is 14.5 Å². The zero-order valence-corrected chi connectivity index (χ0v) is 20.6. The molecule has 2 aromatic carbocycles. The SMILES string of the molecule is CC(=O)C1=NN(c2ccccc2)[C@]2(Nc3sc4c(c3C(=O)N2c2ccccc2)CC[C@H](C)C4)S1. The molecule has 0 unspecified atom stereocenters. The highest BCUT2D eigenvalue weighted by Crippen LogP contribution is 2.52. The molecule has 3 aliphatic rings. The fourth-order valence-corrected chi connectivity index (χ4v) is 7.62. The van der Waals surface area contributed by atoms with Crippen LogP contribution in [0.4, 0.5) is 16.4 Å². The molecule has 0 bridgehead atoms. The number of nitrogens with one attached hydrogen (secondary N) is 1. The molecule has 6 nitrogen and oxygen atoms in total. The van der Waals surface area contributed by atoms with E-state index in [4.69, 9.17) is 5.10 Å². The normalized spacial score (nSPS) is 23.4. The quantitative estimate of drug-likeness (QED) is 0.511. The molecule has 172 valence electrons. The Morgan fingerprint density at radius 3 is 2.44 bits per heavy atom. The first-order valence-corrected chi connectivity index (χ1v) is 13.1. The Labute approximate surface area is 206 Å². The summed E-state index contributed by atoms with van der Waals surface area (Å²) in [5, 5.41) is 10.3. The third kappa shape index (κ3) is 3.20. The lowest BCUT2D eigenvalue weighted by atomic mass is 9.88. The van der Waals surface area contributed by atoms with E-state index in [9.17, 15) is 9.59 Å². The summed E-state index contributed by atoms with van der Waals surface area (Å²) in [5.74, 6) is 0.423. The third-order valence-electron chi connectivity index (χ3n) is 6.54. The zero-order chi connectivity index (χ0) is 23.4. The van der Waals surface area contributed by atoms with Crippen molar-refractivity contribution in [1.29, 1.82) is 0 Å². The molecule has 1 spiro atoms. The number of hydrogen-bond donors (Lipinski definition) is 1. The predicted octanol–water partition coefficient (Wildman–Crippen LogP) is 5.71. The molecule has 6 rings (SSSR count). The number of fused-ring (bicyclic) bond motifs is 3. The highest BCUT2D eigenvalue weighted by Gasteiger charge is 2.57.